The van der Waals surface area contributed by atoms with Crippen LogP contribution in [0.5, 0.6) is 0 Å². The molecular weight excluding hydrogens is 378 g/mol. The zero-order valence-electron chi connectivity index (χ0n) is 18.6. The lowest BCUT2D eigenvalue weighted by Gasteiger charge is -2.30. The Hall–Kier alpha value is -2.31. The third-order valence-electron chi connectivity index (χ3n) is 4.99. The molecule has 0 bridgehead atoms. The number of hydrogen-bond donors (Lipinski definition) is 0. The second-order valence-electron chi connectivity index (χ2n) is 8.51. The Balaban J connectivity index is 1.94. The highest BCUT2D eigenvalue weighted by atomic mass is 16.5. The van der Waals surface area contributed by atoms with E-state index in [0.717, 1.165) is 25.2 Å². The van der Waals surface area contributed by atoms with Gasteiger partial charge in [0.25, 0.3) is 0 Å². The van der Waals surface area contributed by atoms with E-state index in [0.29, 0.717) is 25.1 Å². The van der Waals surface area contributed by atoms with E-state index in [4.69, 9.17) is 4.74 Å². The standard InChI is InChI=1S/C24H34N3O3/c1-20-25-13-17-26(20)14-8-9-15-27(22(18-28)19-30-24(2,3)4)16-12-23(29)21-10-6-5-7-11-21/h5-7,10-11,13,17,22H,8-9,12,14-16,19H2,1-4H3/t22-/m1/s1. The maximum Gasteiger partial charge on any atom is 0.219 e. The maximum atomic E-state index is 12.5. The van der Waals surface area contributed by atoms with Gasteiger partial charge in [-0.3, -0.25) is 14.5 Å². The van der Waals surface area contributed by atoms with Crippen LogP contribution in [-0.2, 0) is 16.1 Å². The van der Waals surface area contributed by atoms with E-state index in [9.17, 15) is 9.59 Å². The number of hydrogen-bond acceptors (Lipinski definition) is 5. The van der Waals surface area contributed by atoms with Gasteiger partial charge in [0.1, 0.15) is 11.9 Å². The summed E-state index contributed by atoms with van der Waals surface area (Å²) in [6.07, 6.45) is 8.14. The number of benzene rings is 1. The normalized spacial score (nSPS) is 12.8. The second kappa shape index (κ2) is 11.8. The second-order valence-corrected chi connectivity index (χ2v) is 8.51. The van der Waals surface area contributed by atoms with Gasteiger partial charge in [-0.25, -0.2) is 4.98 Å². The number of ether oxygens (including phenoxy) is 1. The Morgan fingerprint density at radius 2 is 1.93 bits per heavy atom. The smallest absolute Gasteiger partial charge is 0.219 e. The van der Waals surface area contributed by atoms with Crippen molar-refractivity contribution in [3.05, 3.63) is 54.1 Å². The van der Waals surface area contributed by atoms with Crippen LogP contribution in [-0.4, -0.2) is 57.9 Å². The molecule has 1 heterocycles. The molecule has 1 atom stereocenters. The van der Waals surface area contributed by atoms with Gasteiger partial charge in [0.05, 0.1) is 12.2 Å². The molecule has 0 spiro atoms. The average molecular weight is 413 g/mol. The number of aromatic nitrogens is 2. The molecule has 2 rings (SSSR count). The Morgan fingerprint density at radius 3 is 2.53 bits per heavy atom. The first-order valence-corrected chi connectivity index (χ1v) is 10.6. The highest BCUT2D eigenvalue weighted by molar-refractivity contribution is 5.96. The van der Waals surface area contributed by atoms with Crippen molar-refractivity contribution in [2.24, 2.45) is 0 Å². The first kappa shape index (κ1) is 24.0. The lowest BCUT2D eigenvalue weighted by Crippen LogP contribution is -2.43. The summed E-state index contributed by atoms with van der Waals surface area (Å²) in [6, 6.07) is 8.79. The van der Waals surface area contributed by atoms with E-state index in [1.807, 2.05) is 69.1 Å². The van der Waals surface area contributed by atoms with Crippen molar-refractivity contribution in [3.63, 3.8) is 0 Å². The van der Waals surface area contributed by atoms with Crippen LogP contribution in [0.3, 0.4) is 0 Å². The van der Waals surface area contributed by atoms with E-state index >= 15 is 0 Å². The minimum atomic E-state index is -0.484. The molecule has 0 saturated heterocycles. The van der Waals surface area contributed by atoms with Gasteiger partial charge in [-0.1, -0.05) is 30.3 Å². The number of carbonyl (C=O) groups is 1. The Bertz CT molecular complexity index is 780. The average Bonchev–Trinajstić information content (AvgIpc) is 3.13. The Labute approximate surface area is 180 Å². The summed E-state index contributed by atoms with van der Waals surface area (Å²) in [6.45, 7) is 10.3. The molecule has 6 heteroatoms. The lowest BCUT2D eigenvalue weighted by atomic mass is 10.1. The zero-order valence-corrected chi connectivity index (χ0v) is 18.6. The molecule has 0 aliphatic heterocycles. The molecule has 30 heavy (non-hydrogen) atoms. The summed E-state index contributed by atoms with van der Waals surface area (Å²) in [5, 5.41) is 0. The van der Waals surface area contributed by atoms with Crippen LogP contribution in [0, 0.1) is 6.92 Å². The van der Waals surface area contributed by atoms with E-state index < -0.39 is 6.04 Å². The van der Waals surface area contributed by atoms with Crippen LogP contribution in [0.25, 0.3) is 0 Å². The third kappa shape index (κ3) is 8.20. The van der Waals surface area contributed by atoms with Gasteiger partial charge in [-0.2, -0.15) is 0 Å². The van der Waals surface area contributed by atoms with E-state index in [2.05, 4.69) is 15.8 Å². The van der Waals surface area contributed by atoms with E-state index in [1.54, 1.807) is 6.20 Å². The van der Waals surface area contributed by atoms with E-state index in [1.165, 1.54) is 0 Å². The first-order valence-electron chi connectivity index (χ1n) is 10.6. The first-order chi connectivity index (χ1) is 14.3. The number of Topliss-reactive ketones (excluding diaryl/α,β-unsaturated/α-hetero) is 1. The predicted octanol–water partition coefficient (Wildman–Crippen LogP) is 3.84. The molecule has 0 saturated carbocycles. The molecule has 0 fully saturated rings. The highest BCUT2D eigenvalue weighted by Gasteiger charge is 2.22. The molecule has 0 amide bonds. The van der Waals surface area contributed by atoms with Crippen LogP contribution in [0.15, 0.2) is 42.7 Å². The number of ketones is 1. The fourth-order valence-electron chi connectivity index (χ4n) is 3.22. The summed E-state index contributed by atoms with van der Waals surface area (Å²) < 4.78 is 7.95. The molecule has 6 nitrogen and oxygen atoms in total. The predicted molar refractivity (Wildman–Crippen MR) is 118 cm³/mol. The molecule has 0 aliphatic carbocycles. The summed E-state index contributed by atoms with van der Waals surface area (Å²) in [4.78, 5) is 30.5. The van der Waals surface area contributed by atoms with Crippen LogP contribution in [0.2, 0.25) is 0 Å². The number of imidazole rings is 1. The van der Waals surface area contributed by atoms with Gasteiger partial charge < -0.3 is 9.30 Å². The lowest BCUT2D eigenvalue weighted by molar-refractivity contribution is -0.0233. The fraction of sp³-hybridized carbons (Fsp3) is 0.542. The molecule has 2 aromatic rings. The molecule has 1 aromatic heterocycles. The van der Waals surface area contributed by atoms with Crippen LogP contribution in [0.1, 0.15) is 56.2 Å². The van der Waals surface area contributed by atoms with Crippen molar-refractivity contribution in [2.45, 2.75) is 65.1 Å². The molecule has 0 unspecified atom stereocenters. The molecule has 1 aromatic carbocycles. The third-order valence-corrected chi connectivity index (χ3v) is 4.99. The van der Waals surface area contributed by atoms with Crippen LogP contribution in [0.4, 0.5) is 0 Å². The topological polar surface area (TPSA) is 64.4 Å². The summed E-state index contributed by atoms with van der Waals surface area (Å²) >= 11 is 0. The maximum absolute atomic E-state index is 12.5. The fourth-order valence-corrected chi connectivity index (χ4v) is 3.22. The van der Waals surface area contributed by atoms with E-state index in [-0.39, 0.29) is 18.0 Å². The number of aryl methyl sites for hydroxylation is 2. The minimum absolute atomic E-state index is 0.0797. The number of rotatable bonds is 13. The monoisotopic (exact) mass is 412 g/mol. The van der Waals surface area contributed by atoms with Crippen molar-refractivity contribution < 1.29 is 14.3 Å². The summed E-state index contributed by atoms with van der Waals surface area (Å²) in [5.74, 6) is 1.08. The van der Waals surface area contributed by atoms with Gasteiger partial charge >= 0.3 is 0 Å². The number of carbonyl (C=O) groups excluding carboxylic acids is 2. The van der Waals surface area contributed by atoms with Crippen LogP contribution >= 0.6 is 0 Å². The van der Waals surface area contributed by atoms with Crippen molar-refractivity contribution in [2.75, 3.05) is 19.7 Å². The molecule has 0 N–H and O–H groups in total. The SMILES string of the molecule is Cc1nccn1CCCCN(CCC(=O)c1ccccc1)[C@H]([C]=O)COC(C)(C)C. The Morgan fingerprint density at radius 1 is 1.20 bits per heavy atom. The minimum Gasteiger partial charge on any atom is -0.374 e. The molecule has 163 valence electrons. The van der Waals surface area contributed by atoms with Gasteiger partial charge in [-0.05, 0) is 47.1 Å². The van der Waals surface area contributed by atoms with Crippen molar-refractivity contribution in [1.29, 1.82) is 0 Å². The zero-order chi connectivity index (χ0) is 22.0. The van der Waals surface area contributed by atoms with Crippen LogP contribution < -0.4 is 0 Å². The largest absolute Gasteiger partial charge is 0.374 e. The van der Waals surface area contributed by atoms with Crippen molar-refractivity contribution >= 4 is 12.1 Å². The summed E-state index contributed by atoms with van der Waals surface area (Å²) in [5.41, 5.74) is 0.366. The quantitative estimate of drug-likeness (QED) is 0.369. The van der Waals surface area contributed by atoms with Crippen molar-refractivity contribution in [1.82, 2.24) is 14.5 Å². The molecule has 0 aliphatic rings. The number of nitrogens with zero attached hydrogens (tertiary/aromatic N) is 3. The van der Waals surface area contributed by atoms with Gasteiger partial charge in [0.2, 0.25) is 6.29 Å². The van der Waals surface area contributed by atoms with Gasteiger partial charge in [0, 0.05) is 37.5 Å². The highest BCUT2D eigenvalue weighted by Crippen LogP contribution is 2.12. The number of unbranched alkanes of at least 4 members (excludes halogenated alkanes) is 1. The molecular formula is C24H34N3O3. The van der Waals surface area contributed by atoms with Gasteiger partial charge in [0.15, 0.2) is 5.78 Å². The summed E-state index contributed by atoms with van der Waals surface area (Å²) in [7, 11) is 0. The molecule has 1 radical (unpaired) electrons. The van der Waals surface area contributed by atoms with Crippen molar-refractivity contribution in [3.8, 4) is 0 Å². The van der Waals surface area contributed by atoms with Gasteiger partial charge in [-0.15, -0.1) is 0 Å². The Kier molecular flexibility index (Phi) is 9.40.